The Morgan fingerprint density at radius 1 is 1.26 bits per heavy atom. The molecule has 0 spiro atoms. The van der Waals surface area contributed by atoms with Crippen molar-refractivity contribution in [1.82, 2.24) is 0 Å². The molecule has 0 amide bonds. The summed E-state index contributed by atoms with van der Waals surface area (Å²) in [4.78, 5) is 9.76. The highest BCUT2D eigenvalue weighted by Gasteiger charge is 2.13. The van der Waals surface area contributed by atoms with E-state index in [4.69, 9.17) is 0 Å². The van der Waals surface area contributed by atoms with E-state index < -0.39 is 16.4 Å². The van der Waals surface area contributed by atoms with Gasteiger partial charge in [-0.1, -0.05) is 28.1 Å². The minimum absolute atomic E-state index is 0.394. The Labute approximate surface area is 117 Å². The summed E-state index contributed by atoms with van der Waals surface area (Å²) in [5.41, 5.74) is 1.02. The van der Waals surface area contributed by atoms with Gasteiger partial charge < -0.3 is 5.32 Å². The number of rotatable bonds is 4. The van der Waals surface area contributed by atoms with Crippen LogP contribution in [0.2, 0.25) is 0 Å². The van der Waals surface area contributed by atoms with Gasteiger partial charge in [0.2, 0.25) is 5.82 Å². The smallest absolute Gasteiger partial charge is 0.304 e. The number of nitrogens with zero attached hydrogens (tertiary/aromatic N) is 1. The molecular formula is C13H10BrFN2O2. The predicted octanol–water partition coefficient (Wildman–Crippen LogP) is 4.11. The monoisotopic (exact) mass is 324 g/mol. The molecule has 98 valence electrons. The van der Waals surface area contributed by atoms with Crippen LogP contribution in [0, 0.1) is 15.9 Å². The van der Waals surface area contributed by atoms with Gasteiger partial charge in [-0.2, -0.15) is 4.39 Å². The second-order valence-corrected chi connectivity index (χ2v) is 4.82. The molecule has 0 unspecified atom stereocenters. The zero-order valence-electron chi connectivity index (χ0n) is 9.77. The molecule has 1 N–H and O–H groups in total. The van der Waals surface area contributed by atoms with E-state index in [0.717, 1.165) is 10.2 Å². The van der Waals surface area contributed by atoms with E-state index in [0.29, 0.717) is 12.1 Å². The lowest BCUT2D eigenvalue weighted by molar-refractivity contribution is -0.387. The molecule has 6 heteroatoms. The highest BCUT2D eigenvalue weighted by Crippen LogP contribution is 2.20. The molecular weight excluding hydrogens is 315 g/mol. The number of hydrogen-bond donors (Lipinski definition) is 1. The second-order valence-electron chi connectivity index (χ2n) is 3.91. The van der Waals surface area contributed by atoms with Crippen LogP contribution in [0.3, 0.4) is 0 Å². The van der Waals surface area contributed by atoms with Crippen molar-refractivity contribution >= 4 is 27.3 Å². The molecule has 2 aromatic rings. The summed E-state index contributed by atoms with van der Waals surface area (Å²) in [6.07, 6.45) is 0. The molecule has 19 heavy (non-hydrogen) atoms. The van der Waals surface area contributed by atoms with Crippen molar-refractivity contribution in [3.8, 4) is 0 Å². The Morgan fingerprint density at radius 2 is 2.05 bits per heavy atom. The maximum absolute atomic E-state index is 13.4. The topological polar surface area (TPSA) is 55.2 Å². The Kier molecular flexibility index (Phi) is 4.11. The van der Waals surface area contributed by atoms with Crippen LogP contribution in [-0.4, -0.2) is 4.92 Å². The molecule has 0 atom stereocenters. The average Bonchev–Trinajstić information content (AvgIpc) is 2.36. The summed E-state index contributed by atoms with van der Waals surface area (Å²) in [7, 11) is 0. The van der Waals surface area contributed by atoms with E-state index >= 15 is 0 Å². The standard InChI is InChI=1S/C13H10BrFN2O2/c14-10-2-1-3-11(7-10)16-8-9-4-5-13(17(18)19)12(15)6-9/h1-7,16H,8H2. The Bertz CT molecular complexity index is 619. The third-order valence-electron chi connectivity index (χ3n) is 2.53. The van der Waals surface area contributed by atoms with Crippen LogP contribution in [0.5, 0.6) is 0 Å². The van der Waals surface area contributed by atoms with Crippen molar-refractivity contribution in [2.24, 2.45) is 0 Å². The van der Waals surface area contributed by atoms with Gasteiger partial charge in [0.05, 0.1) is 4.92 Å². The zero-order valence-corrected chi connectivity index (χ0v) is 11.4. The number of nitro groups is 1. The number of anilines is 1. The molecule has 0 saturated carbocycles. The average molecular weight is 325 g/mol. The van der Waals surface area contributed by atoms with E-state index in [1.807, 2.05) is 24.3 Å². The maximum Gasteiger partial charge on any atom is 0.304 e. The molecule has 0 aromatic heterocycles. The summed E-state index contributed by atoms with van der Waals surface area (Å²) in [6.45, 7) is 0.394. The van der Waals surface area contributed by atoms with Crippen LogP contribution in [0.25, 0.3) is 0 Å². The van der Waals surface area contributed by atoms with Crippen LogP contribution in [0.4, 0.5) is 15.8 Å². The number of hydrogen-bond acceptors (Lipinski definition) is 3. The normalized spacial score (nSPS) is 10.2. The van der Waals surface area contributed by atoms with Crippen molar-refractivity contribution in [3.63, 3.8) is 0 Å². The lowest BCUT2D eigenvalue weighted by Gasteiger charge is -2.07. The van der Waals surface area contributed by atoms with E-state index in [9.17, 15) is 14.5 Å². The number of halogens is 2. The predicted molar refractivity (Wildman–Crippen MR) is 74.5 cm³/mol. The Morgan fingerprint density at radius 3 is 2.68 bits per heavy atom. The van der Waals surface area contributed by atoms with Gasteiger partial charge in [-0.3, -0.25) is 10.1 Å². The van der Waals surface area contributed by atoms with Gasteiger partial charge in [-0.15, -0.1) is 0 Å². The van der Waals surface area contributed by atoms with Crippen LogP contribution in [-0.2, 0) is 6.54 Å². The van der Waals surface area contributed by atoms with Crippen LogP contribution in [0.1, 0.15) is 5.56 Å². The minimum atomic E-state index is -0.821. The van der Waals surface area contributed by atoms with Crippen molar-refractivity contribution < 1.29 is 9.31 Å². The van der Waals surface area contributed by atoms with Crippen molar-refractivity contribution in [2.75, 3.05) is 5.32 Å². The molecule has 0 aliphatic heterocycles. The molecule has 0 aliphatic carbocycles. The largest absolute Gasteiger partial charge is 0.381 e. The summed E-state index contributed by atoms with van der Waals surface area (Å²) >= 11 is 3.35. The quantitative estimate of drug-likeness (QED) is 0.680. The first-order valence-electron chi connectivity index (χ1n) is 5.48. The molecule has 0 heterocycles. The van der Waals surface area contributed by atoms with Crippen LogP contribution >= 0.6 is 15.9 Å². The molecule has 0 saturated heterocycles. The highest BCUT2D eigenvalue weighted by molar-refractivity contribution is 9.10. The van der Waals surface area contributed by atoms with Crippen LogP contribution < -0.4 is 5.32 Å². The summed E-state index contributed by atoms with van der Waals surface area (Å²) in [6, 6.07) is 11.4. The van der Waals surface area contributed by atoms with Gasteiger partial charge in [0.15, 0.2) is 0 Å². The van der Waals surface area contributed by atoms with E-state index in [2.05, 4.69) is 21.2 Å². The van der Waals surface area contributed by atoms with Crippen molar-refractivity contribution in [2.45, 2.75) is 6.54 Å². The molecule has 2 aromatic carbocycles. The lowest BCUT2D eigenvalue weighted by Crippen LogP contribution is -2.01. The number of nitrogens with one attached hydrogen (secondary N) is 1. The summed E-state index contributed by atoms with van der Waals surface area (Å²) in [5, 5.41) is 13.6. The maximum atomic E-state index is 13.4. The second kappa shape index (κ2) is 5.79. The van der Waals surface area contributed by atoms with Gasteiger partial charge in [0.25, 0.3) is 0 Å². The SMILES string of the molecule is O=[N+]([O-])c1ccc(CNc2cccc(Br)c2)cc1F. The fourth-order valence-electron chi connectivity index (χ4n) is 1.61. The van der Waals surface area contributed by atoms with Gasteiger partial charge in [0.1, 0.15) is 0 Å². The number of benzene rings is 2. The molecule has 0 fully saturated rings. The van der Waals surface area contributed by atoms with Crippen LogP contribution in [0.15, 0.2) is 46.9 Å². The first-order chi connectivity index (χ1) is 9.06. The fraction of sp³-hybridized carbons (Fsp3) is 0.0769. The zero-order chi connectivity index (χ0) is 13.8. The molecule has 4 nitrogen and oxygen atoms in total. The third kappa shape index (κ3) is 3.51. The third-order valence-corrected chi connectivity index (χ3v) is 3.02. The van der Waals surface area contributed by atoms with Gasteiger partial charge in [-0.25, -0.2) is 0 Å². The van der Waals surface area contributed by atoms with Crippen molar-refractivity contribution in [3.05, 3.63) is 68.4 Å². The van der Waals surface area contributed by atoms with Gasteiger partial charge >= 0.3 is 5.69 Å². The van der Waals surface area contributed by atoms with E-state index in [-0.39, 0.29) is 0 Å². The molecule has 0 bridgehead atoms. The summed E-state index contributed by atoms with van der Waals surface area (Å²) < 4.78 is 14.4. The van der Waals surface area contributed by atoms with Gasteiger partial charge in [0, 0.05) is 22.8 Å². The fourth-order valence-corrected chi connectivity index (χ4v) is 2.01. The summed E-state index contributed by atoms with van der Waals surface area (Å²) in [5.74, 6) is -0.821. The van der Waals surface area contributed by atoms with E-state index in [1.165, 1.54) is 18.2 Å². The molecule has 0 radical (unpaired) electrons. The first kappa shape index (κ1) is 13.5. The van der Waals surface area contributed by atoms with Crippen molar-refractivity contribution in [1.29, 1.82) is 0 Å². The molecule has 0 aliphatic rings. The van der Waals surface area contributed by atoms with Gasteiger partial charge in [-0.05, 0) is 29.8 Å². The molecule has 2 rings (SSSR count). The first-order valence-corrected chi connectivity index (χ1v) is 6.28. The highest BCUT2D eigenvalue weighted by atomic mass is 79.9. The van der Waals surface area contributed by atoms with E-state index in [1.54, 1.807) is 0 Å². The minimum Gasteiger partial charge on any atom is -0.381 e. The number of nitro benzene ring substituents is 1. The Balaban J connectivity index is 2.08. The lowest BCUT2D eigenvalue weighted by atomic mass is 10.2. The Hall–Kier alpha value is -1.95.